The van der Waals surface area contributed by atoms with Crippen LogP contribution in [0.1, 0.15) is 31.2 Å². The van der Waals surface area contributed by atoms with Crippen LogP contribution in [0, 0.1) is 0 Å². The fraction of sp³-hybridized carbons (Fsp3) is 0.571. The summed E-state index contributed by atoms with van der Waals surface area (Å²) in [4.78, 5) is 2.52. The van der Waals surface area contributed by atoms with Crippen LogP contribution in [0.15, 0.2) is 28.7 Å². The number of hydrogen-bond donors (Lipinski definition) is 1. The van der Waals surface area contributed by atoms with Gasteiger partial charge in [0.1, 0.15) is 0 Å². The van der Waals surface area contributed by atoms with Crippen molar-refractivity contribution >= 4 is 15.9 Å². The molecule has 2 nitrogen and oxygen atoms in total. The van der Waals surface area contributed by atoms with Gasteiger partial charge in [0.05, 0.1) is 0 Å². The Morgan fingerprint density at radius 1 is 1.24 bits per heavy atom. The lowest BCUT2D eigenvalue weighted by atomic mass is 9.99. The number of aliphatic hydroxyl groups excluding tert-OH is 1. The third-order valence-corrected chi connectivity index (χ3v) is 4.04. The van der Waals surface area contributed by atoms with E-state index < -0.39 is 0 Å². The summed E-state index contributed by atoms with van der Waals surface area (Å²) < 4.78 is 1.13. The van der Waals surface area contributed by atoms with Gasteiger partial charge in [-0.2, -0.15) is 0 Å². The molecule has 3 heteroatoms. The van der Waals surface area contributed by atoms with Crippen LogP contribution in [0.4, 0.5) is 0 Å². The first kappa shape index (κ1) is 13.1. The summed E-state index contributed by atoms with van der Waals surface area (Å²) in [6, 6.07) is 9.11. The Balaban J connectivity index is 1.97. The summed E-state index contributed by atoms with van der Waals surface area (Å²) in [5, 5.41) is 9.11. The van der Waals surface area contributed by atoms with Gasteiger partial charge in [0.25, 0.3) is 0 Å². The Morgan fingerprint density at radius 3 is 2.71 bits per heavy atom. The quantitative estimate of drug-likeness (QED) is 0.923. The molecule has 1 aliphatic heterocycles. The van der Waals surface area contributed by atoms with Gasteiger partial charge in [-0.1, -0.05) is 34.5 Å². The first-order valence-corrected chi connectivity index (χ1v) is 7.18. The van der Waals surface area contributed by atoms with Crippen molar-refractivity contribution in [3.05, 3.63) is 34.3 Å². The van der Waals surface area contributed by atoms with Crippen LogP contribution in [0.25, 0.3) is 0 Å². The van der Waals surface area contributed by atoms with E-state index >= 15 is 0 Å². The monoisotopic (exact) mass is 297 g/mol. The minimum Gasteiger partial charge on any atom is -0.396 e. The SMILES string of the molecule is OCC[C@@H]1CCCCN1Cc1ccc(Br)cc1. The standard InChI is InChI=1S/C14H20BrNO/c15-13-6-4-12(5-7-13)11-16-9-2-1-3-14(16)8-10-17/h4-7,14,17H,1-3,8-11H2/t14-/m0/s1. The molecule has 1 aliphatic rings. The number of piperidine rings is 1. The zero-order valence-corrected chi connectivity index (χ0v) is 11.7. The lowest BCUT2D eigenvalue weighted by molar-refractivity contribution is 0.112. The highest BCUT2D eigenvalue weighted by Crippen LogP contribution is 2.22. The van der Waals surface area contributed by atoms with Crippen LogP contribution in [0.5, 0.6) is 0 Å². The van der Waals surface area contributed by atoms with Crippen molar-refractivity contribution in [2.24, 2.45) is 0 Å². The van der Waals surface area contributed by atoms with Gasteiger partial charge in [0.15, 0.2) is 0 Å². The van der Waals surface area contributed by atoms with E-state index in [0.717, 1.165) is 17.4 Å². The van der Waals surface area contributed by atoms with E-state index in [1.807, 2.05) is 0 Å². The molecule has 1 heterocycles. The van der Waals surface area contributed by atoms with Crippen molar-refractivity contribution in [1.29, 1.82) is 0 Å². The molecule has 2 rings (SSSR count). The van der Waals surface area contributed by atoms with Crippen molar-refractivity contribution in [1.82, 2.24) is 4.90 Å². The lowest BCUT2D eigenvalue weighted by Crippen LogP contribution is -2.39. The summed E-state index contributed by atoms with van der Waals surface area (Å²) in [5.41, 5.74) is 1.36. The third-order valence-electron chi connectivity index (χ3n) is 3.51. The highest BCUT2D eigenvalue weighted by molar-refractivity contribution is 9.10. The van der Waals surface area contributed by atoms with E-state index in [2.05, 4.69) is 45.1 Å². The molecule has 0 saturated carbocycles. The van der Waals surface area contributed by atoms with Gasteiger partial charge in [0.2, 0.25) is 0 Å². The zero-order chi connectivity index (χ0) is 12.1. The Kier molecular flexibility index (Phi) is 5.01. The molecule has 1 fully saturated rings. The average molecular weight is 298 g/mol. The Bertz CT molecular complexity index is 337. The topological polar surface area (TPSA) is 23.5 Å². The second-order valence-electron chi connectivity index (χ2n) is 4.76. The average Bonchev–Trinajstić information content (AvgIpc) is 2.35. The van der Waals surface area contributed by atoms with Crippen molar-refractivity contribution in [3.8, 4) is 0 Å². The number of halogens is 1. The van der Waals surface area contributed by atoms with Gasteiger partial charge in [-0.15, -0.1) is 0 Å². The summed E-state index contributed by atoms with van der Waals surface area (Å²) in [7, 11) is 0. The molecule has 0 bridgehead atoms. The molecule has 0 amide bonds. The van der Waals surface area contributed by atoms with E-state index in [0.29, 0.717) is 12.6 Å². The third kappa shape index (κ3) is 3.80. The molecule has 0 aliphatic carbocycles. The molecule has 1 aromatic rings. The van der Waals surface area contributed by atoms with Crippen LogP contribution in [0.2, 0.25) is 0 Å². The Hall–Kier alpha value is -0.380. The molecular weight excluding hydrogens is 278 g/mol. The Morgan fingerprint density at radius 2 is 2.00 bits per heavy atom. The largest absolute Gasteiger partial charge is 0.396 e. The number of hydrogen-bond acceptors (Lipinski definition) is 2. The number of rotatable bonds is 4. The Labute approximate surface area is 112 Å². The molecule has 0 unspecified atom stereocenters. The molecule has 94 valence electrons. The second-order valence-corrected chi connectivity index (χ2v) is 5.67. The molecule has 0 radical (unpaired) electrons. The molecule has 0 spiro atoms. The summed E-state index contributed by atoms with van der Waals surface area (Å²) in [5.74, 6) is 0. The highest BCUT2D eigenvalue weighted by Gasteiger charge is 2.21. The summed E-state index contributed by atoms with van der Waals surface area (Å²) >= 11 is 3.46. The maximum atomic E-state index is 9.11. The number of benzene rings is 1. The summed E-state index contributed by atoms with van der Waals surface area (Å²) in [6.45, 7) is 2.49. The molecule has 1 N–H and O–H groups in total. The lowest BCUT2D eigenvalue weighted by Gasteiger charge is -2.35. The zero-order valence-electron chi connectivity index (χ0n) is 10.1. The molecular formula is C14H20BrNO. The van der Waals surface area contributed by atoms with Crippen molar-refractivity contribution in [2.75, 3.05) is 13.2 Å². The minimum absolute atomic E-state index is 0.307. The number of likely N-dealkylation sites (tertiary alicyclic amines) is 1. The van der Waals surface area contributed by atoms with Crippen molar-refractivity contribution in [3.63, 3.8) is 0 Å². The predicted octanol–water partition coefficient (Wildman–Crippen LogP) is 3.19. The van der Waals surface area contributed by atoms with E-state index in [4.69, 9.17) is 5.11 Å². The molecule has 0 aromatic heterocycles. The number of nitrogens with zero attached hydrogens (tertiary/aromatic N) is 1. The highest BCUT2D eigenvalue weighted by atomic mass is 79.9. The van der Waals surface area contributed by atoms with E-state index in [1.54, 1.807) is 0 Å². The predicted molar refractivity (Wildman–Crippen MR) is 73.9 cm³/mol. The van der Waals surface area contributed by atoms with E-state index in [1.165, 1.54) is 31.4 Å². The normalized spacial score (nSPS) is 21.6. The second kappa shape index (κ2) is 6.53. The van der Waals surface area contributed by atoms with Crippen molar-refractivity contribution in [2.45, 2.75) is 38.3 Å². The van der Waals surface area contributed by atoms with Crippen LogP contribution < -0.4 is 0 Å². The smallest absolute Gasteiger partial charge is 0.0445 e. The minimum atomic E-state index is 0.307. The van der Waals surface area contributed by atoms with Crippen LogP contribution in [-0.4, -0.2) is 29.2 Å². The maximum Gasteiger partial charge on any atom is 0.0445 e. The van der Waals surface area contributed by atoms with Gasteiger partial charge in [-0.25, -0.2) is 0 Å². The van der Waals surface area contributed by atoms with E-state index in [9.17, 15) is 0 Å². The van der Waals surface area contributed by atoms with Crippen LogP contribution >= 0.6 is 15.9 Å². The van der Waals surface area contributed by atoms with Gasteiger partial charge in [-0.05, 0) is 43.5 Å². The molecule has 1 aromatic carbocycles. The molecule has 1 saturated heterocycles. The molecule has 1 atom stereocenters. The fourth-order valence-corrected chi connectivity index (χ4v) is 2.83. The molecule has 17 heavy (non-hydrogen) atoms. The van der Waals surface area contributed by atoms with Gasteiger partial charge in [-0.3, -0.25) is 4.90 Å². The number of aliphatic hydroxyl groups is 1. The van der Waals surface area contributed by atoms with Crippen molar-refractivity contribution < 1.29 is 5.11 Å². The summed E-state index contributed by atoms with van der Waals surface area (Å²) in [6.07, 6.45) is 4.74. The van der Waals surface area contributed by atoms with Gasteiger partial charge >= 0.3 is 0 Å². The first-order chi connectivity index (χ1) is 8.29. The van der Waals surface area contributed by atoms with E-state index in [-0.39, 0.29) is 0 Å². The van der Waals surface area contributed by atoms with Crippen LogP contribution in [-0.2, 0) is 6.54 Å². The first-order valence-electron chi connectivity index (χ1n) is 6.39. The fourth-order valence-electron chi connectivity index (χ4n) is 2.57. The van der Waals surface area contributed by atoms with Gasteiger partial charge in [0, 0.05) is 23.7 Å². The maximum absolute atomic E-state index is 9.11. The van der Waals surface area contributed by atoms with Crippen LogP contribution in [0.3, 0.4) is 0 Å². The van der Waals surface area contributed by atoms with Gasteiger partial charge < -0.3 is 5.11 Å².